The maximum Gasteiger partial charge on any atom is 0.220 e. The molecule has 0 aliphatic heterocycles. The molecule has 0 aliphatic rings. The number of amides is 1. The van der Waals surface area contributed by atoms with E-state index in [1.807, 2.05) is 13.0 Å². The van der Waals surface area contributed by atoms with Gasteiger partial charge >= 0.3 is 0 Å². The van der Waals surface area contributed by atoms with Gasteiger partial charge in [0.25, 0.3) is 0 Å². The highest BCUT2D eigenvalue weighted by atomic mass is 16.5. The van der Waals surface area contributed by atoms with Crippen LogP contribution < -0.4 is 10.1 Å². The fourth-order valence-corrected chi connectivity index (χ4v) is 2.12. The molecule has 0 saturated carbocycles. The second-order valence-electron chi connectivity index (χ2n) is 4.69. The van der Waals surface area contributed by atoms with Crippen molar-refractivity contribution in [2.75, 3.05) is 20.3 Å². The van der Waals surface area contributed by atoms with E-state index in [9.17, 15) is 4.79 Å². The van der Waals surface area contributed by atoms with Crippen molar-refractivity contribution in [3.8, 4) is 5.75 Å². The molecule has 2 N–H and O–H groups in total. The summed E-state index contributed by atoms with van der Waals surface area (Å²) in [5, 5.41) is 11.5. The van der Waals surface area contributed by atoms with Crippen LogP contribution in [0.15, 0.2) is 12.1 Å². The Morgan fingerprint density at radius 3 is 2.74 bits per heavy atom. The zero-order valence-corrected chi connectivity index (χ0v) is 12.0. The Morgan fingerprint density at radius 1 is 1.37 bits per heavy atom. The normalized spacial score (nSPS) is 10.3. The largest absolute Gasteiger partial charge is 0.496 e. The monoisotopic (exact) mass is 265 g/mol. The summed E-state index contributed by atoms with van der Waals surface area (Å²) in [5.74, 6) is 0.861. The van der Waals surface area contributed by atoms with E-state index in [-0.39, 0.29) is 12.5 Å². The number of hydrogen-bond acceptors (Lipinski definition) is 3. The minimum Gasteiger partial charge on any atom is -0.496 e. The maximum absolute atomic E-state index is 11.4. The van der Waals surface area contributed by atoms with Gasteiger partial charge in [0.1, 0.15) is 5.75 Å². The second-order valence-corrected chi connectivity index (χ2v) is 4.69. The molecule has 4 nitrogen and oxygen atoms in total. The lowest BCUT2D eigenvalue weighted by Crippen LogP contribution is -2.25. The molecule has 19 heavy (non-hydrogen) atoms. The third kappa shape index (κ3) is 4.91. The van der Waals surface area contributed by atoms with Crippen molar-refractivity contribution >= 4 is 5.91 Å². The van der Waals surface area contributed by atoms with Crippen LogP contribution in [-0.2, 0) is 11.2 Å². The van der Waals surface area contributed by atoms with Gasteiger partial charge in [-0.3, -0.25) is 4.79 Å². The molecule has 106 valence electrons. The van der Waals surface area contributed by atoms with Crippen molar-refractivity contribution < 1.29 is 14.6 Å². The Morgan fingerprint density at radius 2 is 2.11 bits per heavy atom. The lowest BCUT2D eigenvalue weighted by Gasteiger charge is -2.13. The minimum absolute atomic E-state index is 0.0159. The van der Waals surface area contributed by atoms with Gasteiger partial charge in [0, 0.05) is 19.6 Å². The third-order valence-corrected chi connectivity index (χ3v) is 3.06. The van der Waals surface area contributed by atoms with Gasteiger partial charge in [-0.15, -0.1) is 0 Å². The first-order valence-corrected chi connectivity index (χ1v) is 6.60. The number of nitrogens with one attached hydrogen (secondary N) is 1. The first kappa shape index (κ1) is 15.5. The van der Waals surface area contributed by atoms with Gasteiger partial charge in [-0.2, -0.15) is 0 Å². The van der Waals surface area contributed by atoms with E-state index in [1.165, 1.54) is 11.1 Å². The van der Waals surface area contributed by atoms with Crippen LogP contribution in [0.1, 0.15) is 29.5 Å². The van der Waals surface area contributed by atoms with E-state index in [2.05, 4.69) is 18.3 Å². The number of benzene rings is 1. The molecule has 0 unspecified atom stereocenters. The molecular weight excluding hydrogens is 242 g/mol. The highest BCUT2D eigenvalue weighted by Gasteiger charge is 2.08. The second kappa shape index (κ2) is 7.79. The summed E-state index contributed by atoms with van der Waals surface area (Å²) in [7, 11) is 1.66. The van der Waals surface area contributed by atoms with Crippen molar-refractivity contribution in [2.24, 2.45) is 0 Å². The van der Waals surface area contributed by atoms with Gasteiger partial charge in [-0.25, -0.2) is 0 Å². The van der Waals surface area contributed by atoms with Crippen molar-refractivity contribution in [2.45, 2.75) is 33.1 Å². The van der Waals surface area contributed by atoms with Crippen LogP contribution in [-0.4, -0.2) is 31.3 Å². The van der Waals surface area contributed by atoms with Crippen molar-refractivity contribution in [1.29, 1.82) is 0 Å². The van der Waals surface area contributed by atoms with Gasteiger partial charge in [0.15, 0.2) is 0 Å². The first-order valence-electron chi connectivity index (χ1n) is 6.60. The fraction of sp³-hybridized carbons (Fsp3) is 0.533. The molecule has 0 heterocycles. The molecule has 0 aliphatic carbocycles. The number of carbonyl (C=O) groups is 1. The highest BCUT2D eigenvalue weighted by molar-refractivity contribution is 5.75. The standard InChI is InChI=1S/C15H23NO3/c1-11-9-12(2)13(14(10-11)19-3)6-7-16-15(18)5-4-8-17/h9-10,17H,4-8H2,1-3H3,(H,16,18). The lowest BCUT2D eigenvalue weighted by molar-refractivity contribution is -0.121. The van der Waals surface area contributed by atoms with Crippen molar-refractivity contribution in [3.05, 3.63) is 28.8 Å². The van der Waals surface area contributed by atoms with Gasteiger partial charge < -0.3 is 15.2 Å². The minimum atomic E-state index is -0.0159. The fourth-order valence-electron chi connectivity index (χ4n) is 2.12. The summed E-state index contributed by atoms with van der Waals surface area (Å²) < 4.78 is 5.38. The predicted molar refractivity (Wildman–Crippen MR) is 75.5 cm³/mol. The Hall–Kier alpha value is -1.55. The smallest absolute Gasteiger partial charge is 0.220 e. The number of hydrogen-bond donors (Lipinski definition) is 2. The molecule has 1 amide bonds. The molecule has 0 atom stereocenters. The Balaban J connectivity index is 2.55. The molecule has 4 heteroatoms. The van der Waals surface area contributed by atoms with Crippen molar-refractivity contribution in [3.63, 3.8) is 0 Å². The summed E-state index contributed by atoms with van der Waals surface area (Å²) in [6.07, 6.45) is 1.64. The van der Waals surface area contributed by atoms with Crippen LogP contribution in [0, 0.1) is 13.8 Å². The summed E-state index contributed by atoms with van der Waals surface area (Å²) in [6.45, 7) is 4.73. The van der Waals surface area contributed by atoms with Crippen molar-refractivity contribution in [1.82, 2.24) is 5.32 Å². The van der Waals surface area contributed by atoms with E-state index >= 15 is 0 Å². The molecule has 0 radical (unpaired) electrons. The molecule has 1 aromatic carbocycles. The summed E-state index contributed by atoms with van der Waals surface area (Å²) in [5.41, 5.74) is 3.49. The average Bonchev–Trinajstić information content (AvgIpc) is 2.38. The average molecular weight is 265 g/mol. The predicted octanol–water partition coefficient (Wildman–Crippen LogP) is 1.74. The molecule has 0 fully saturated rings. The Labute approximate surface area is 114 Å². The SMILES string of the molecule is COc1cc(C)cc(C)c1CCNC(=O)CCCO. The molecule has 1 rings (SSSR count). The quantitative estimate of drug-likeness (QED) is 0.789. The van der Waals surface area contributed by atoms with Crippen LogP contribution in [0.5, 0.6) is 5.75 Å². The van der Waals surface area contributed by atoms with E-state index in [0.29, 0.717) is 19.4 Å². The van der Waals surface area contributed by atoms with Crippen LogP contribution >= 0.6 is 0 Å². The van der Waals surface area contributed by atoms with Gasteiger partial charge in [-0.1, -0.05) is 6.07 Å². The molecular formula is C15H23NO3. The van der Waals surface area contributed by atoms with Crippen LogP contribution in [0.3, 0.4) is 0 Å². The van der Waals surface area contributed by atoms with E-state index in [4.69, 9.17) is 9.84 Å². The summed E-state index contributed by atoms with van der Waals surface area (Å²) in [4.78, 5) is 11.4. The maximum atomic E-state index is 11.4. The van der Waals surface area contributed by atoms with Gasteiger partial charge in [-0.05, 0) is 49.4 Å². The molecule has 0 aromatic heterocycles. The first-order chi connectivity index (χ1) is 9.08. The van der Waals surface area contributed by atoms with Crippen LogP contribution in [0.25, 0.3) is 0 Å². The number of methoxy groups -OCH3 is 1. The lowest BCUT2D eigenvalue weighted by atomic mass is 10.0. The highest BCUT2D eigenvalue weighted by Crippen LogP contribution is 2.24. The number of ether oxygens (including phenoxy) is 1. The zero-order valence-electron chi connectivity index (χ0n) is 12.0. The number of aliphatic hydroxyl groups excluding tert-OH is 1. The van der Waals surface area contributed by atoms with Gasteiger partial charge in [0.2, 0.25) is 5.91 Å². The zero-order chi connectivity index (χ0) is 14.3. The van der Waals surface area contributed by atoms with Crippen LogP contribution in [0.2, 0.25) is 0 Å². The number of carbonyl (C=O) groups excluding carboxylic acids is 1. The number of aryl methyl sites for hydroxylation is 2. The molecule has 0 bridgehead atoms. The summed E-state index contributed by atoms with van der Waals surface area (Å²) in [6, 6.07) is 4.13. The number of aliphatic hydroxyl groups is 1. The molecule has 1 aromatic rings. The molecule has 0 saturated heterocycles. The van der Waals surface area contributed by atoms with Crippen LogP contribution in [0.4, 0.5) is 0 Å². The number of rotatable bonds is 7. The van der Waals surface area contributed by atoms with E-state index in [0.717, 1.165) is 17.7 Å². The topological polar surface area (TPSA) is 58.6 Å². The molecule has 0 spiro atoms. The van der Waals surface area contributed by atoms with E-state index < -0.39 is 0 Å². The van der Waals surface area contributed by atoms with Gasteiger partial charge in [0.05, 0.1) is 7.11 Å². The van der Waals surface area contributed by atoms with E-state index in [1.54, 1.807) is 7.11 Å². The third-order valence-electron chi connectivity index (χ3n) is 3.06. The Bertz CT molecular complexity index is 430. The Kier molecular flexibility index (Phi) is 6.36. The summed E-state index contributed by atoms with van der Waals surface area (Å²) >= 11 is 0.